The van der Waals surface area contributed by atoms with Crippen molar-refractivity contribution in [1.29, 1.82) is 0 Å². The molecular formula is C22H28O4. The summed E-state index contributed by atoms with van der Waals surface area (Å²) in [5, 5.41) is 0. The molecule has 26 heavy (non-hydrogen) atoms. The number of fused-ring (bicyclic) bond motifs is 1. The van der Waals surface area contributed by atoms with Crippen molar-refractivity contribution in [1.82, 2.24) is 0 Å². The van der Waals surface area contributed by atoms with Crippen molar-refractivity contribution in [3.63, 3.8) is 0 Å². The summed E-state index contributed by atoms with van der Waals surface area (Å²) in [6.45, 7) is 5.39. The highest BCUT2D eigenvalue weighted by molar-refractivity contribution is 5.54. The Labute approximate surface area is 156 Å². The van der Waals surface area contributed by atoms with E-state index in [9.17, 15) is 0 Å². The summed E-state index contributed by atoms with van der Waals surface area (Å²) in [5.74, 6) is 3.48. The van der Waals surface area contributed by atoms with Crippen molar-refractivity contribution in [3.05, 3.63) is 47.5 Å². The Bertz CT molecular complexity index is 709. The van der Waals surface area contributed by atoms with E-state index in [2.05, 4.69) is 32.0 Å². The largest absolute Gasteiger partial charge is 0.497 e. The van der Waals surface area contributed by atoms with Gasteiger partial charge in [-0.3, -0.25) is 0 Å². The van der Waals surface area contributed by atoms with E-state index in [-0.39, 0.29) is 12.7 Å². The molecule has 4 nitrogen and oxygen atoms in total. The molecule has 0 aliphatic carbocycles. The molecule has 0 N–H and O–H groups in total. The van der Waals surface area contributed by atoms with Crippen LogP contribution in [0.4, 0.5) is 0 Å². The minimum absolute atomic E-state index is 0.182. The molecule has 1 atom stereocenters. The minimum atomic E-state index is 0.182. The lowest BCUT2D eigenvalue weighted by atomic mass is 9.92. The van der Waals surface area contributed by atoms with E-state index in [1.54, 1.807) is 7.11 Å². The molecular weight excluding hydrogens is 328 g/mol. The predicted octanol–water partition coefficient (Wildman–Crippen LogP) is 5.53. The van der Waals surface area contributed by atoms with E-state index in [1.807, 2.05) is 18.2 Å². The third-order valence-electron chi connectivity index (χ3n) is 4.84. The van der Waals surface area contributed by atoms with Crippen LogP contribution in [-0.2, 0) is 0 Å². The van der Waals surface area contributed by atoms with Gasteiger partial charge in [-0.1, -0.05) is 45.2 Å². The molecule has 140 valence electrons. The maximum absolute atomic E-state index is 6.14. The third kappa shape index (κ3) is 4.24. The van der Waals surface area contributed by atoms with Crippen LogP contribution in [0.2, 0.25) is 0 Å². The van der Waals surface area contributed by atoms with Crippen molar-refractivity contribution < 1.29 is 18.9 Å². The van der Waals surface area contributed by atoms with Crippen LogP contribution in [0, 0.1) is 0 Å². The molecule has 0 bridgehead atoms. The van der Waals surface area contributed by atoms with Crippen LogP contribution in [0.1, 0.15) is 56.6 Å². The van der Waals surface area contributed by atoms with Gasteiger partial charge in [0.25, 0.3) is 0 Å². The smallest absolute Gasteiger partial charge is 0.231 e. The molecule has 0 saturated heterocycles. The lowest BCUT2D eigenvalue weighted by Crippen LogP contribution is -2.04. The first-order chi connectivity index (χ1) is 12.7. The molecule has 1 heterocycles. The summed E-state index contributed by atoms with van der Waals surface area (Å²) < 4.78 is 22.5. The van der Waals surface area contributed by atoms with Crippen molar-refractivity contribution in [2.75, 3.05) is 20.5 Å². The van der Waals surface area contributed by atoms with Gasteiger partial charge in [-0.05, 0) is 30.2 Å². The average Bonchev–Trinajstić information content (AvgIpc) is 3.14. The Morgan fingerprint density at radius 2 is 1.73 bits per heavy atom. The van der Waals surface area contributed by atoms with E-state index in [0.717, 1.165) is 41.6 Å². The molecule has 2 aromatic carbocycles. The van der Waals surface area contributed by atoms with Gasteiger partial charge in [-0.15, -0.1) is 0 Å². The molecule has 0 spiro atoms. The monoisotopic (exact) mass is 356 g/mol. The van der Waals surface area contributed by atoms with Crippen LogP contribution in [0.5, 0.6) is 23.0 Å². The van der Waals surface area contributed by atoms with Crippen molar-refractivity contribution >= 4 is 0 Å². The van der Waals surface area contributed by atoms with E-state index in [0.29, 0.717) is 0 Å². The van der Waals surface area contributed by atoms with E-state index >= 15 is 0 Å². The molecule has 1 aliphatic rings. The number of rotatable bonds is 9. The number of hydrogen-bond acceptors (Lipinski definition) is 4. The lowest BCUT2D eigenvalue weighted by Gasteiger charge is -2.18. The Morgan fingerprint density at radius 1 is 1.00 bits per heavy atom. The van der Waals surface area contributed by atoms with Gasteiger partial charge in [0.05, 0.1) is 13.7 Å². The zero-order valence-electron chi connectivity index (χ0n) is 15.9. The Kier molecular flexibility index (Phi) is 6.26. The zero-order valence-corrected chi connectivity index (χ0v) is 15.9. The number of unbranched alkanes of at least 4 members (excludes halogenated alkanes) is 3. The Hall–Kier alpha value is -2.36. The molecule has 0 unspecified atom stereocenters. The van der Waals surface area contributed by atoms with Gasteiger partial charge < -0.3 is 18.9 Å². The van der Waals surface area contributed by atoms with Gasteiger partial charge in [0, 0.05) is 17.5 Å². The molecule has 0 aromatic heterocycles. The molecule has 1 aliphatic heterocycles. The third-order valence-corrected chi connectivity index (χ3v) is 4.84. The minimum Gasteiger partial charge on any atom is -0.497 e. The highest BCUT2D eigenvalue weighted by Crippen LogP contribution is 2.42. The fourth-order valence-corrected chi connectivity index (χ4v) is 3.19. The quantitative estimate of drug-likeness (QED) is 0.553. The molecule has 0 amide bonds. The van der Waals surface area contributed by atoms with Crippen LogP contribution in [0.3, 0.4) is 0 Å². The molecule has 2 aromatic rings. The van der Waals surface area contributed by atoms with Crippen LogP contribution in [0.15, 0.2) is 36.4 Å². The second-order valence-electron chi connectivity index (χ2n) is 6.65. The summed E-state index contributed by atoms with van der Waals surface area (Å²) in [7, 11) is 1.68. The predicted molar refractivity (Wildman–Crippen MR) is 103 cm³/mol. The van der Waals surface area contributed by atoms with Gasteiger partial charge >= 0.3 is 0 Å². The second kappa shape index (κ2) is 8.84. The number of methoxy groups -OCH3 is 1. The van der Waals surface area contributed by atoms with Crippen LogP contribution in [-0.4, -0.2) is 20.5 Å². The van der Waals surface area contributed by atoms with Crippen LogP contribution in [0.25, 0.3) is 0 Å². The summed E-state index contributed by atoms with van der Waals surface area (Å²) in [4.78, 5) is 0. The van der Waals surface area contributed by atoms with Gasteiger partial charge in [-0.25, -0.2) is 0 Å². The zero-order chi connectivity index (χ0) is 18.4. The first kappa shape index (κ1) is 18.4. The van der Waals surface area contributed by atoms with Crippen molar-refractivity contribution in [2.45, 2.75) is 45.4 Å². The van der Waals surface area contributed by atoms with Crippen molar-refractivity contribution in [3.8, 4) is 23.0 Å². The summed E-state index contributed by atoms with van der Waals surface area (Å²) in [5.41, 5.74) is 2.33. The van der Waals surface area contributed by atoms with Gasteiger partial charge in [-0.2, -0.15) is 0 Å². The SMILES string of the molecule is CCCCCCOc1cc2c(cc1[C@@H](C)c1ccc(OC)cc1)OCO2. The summed E-state index contributed by atoms with van der Waals surface area (Å²) in [6.07, 6.45) is 4.74. The maximum Gasteiger partial charge on any atom is 0.231 e. The lowest BCUT2D eigenvalue weighted by molar-refractivity contribution is 0.173. The summed E-state index contributed by atoms with van der Waals surface area (Å²) in [6, 6.07) is 12.2. The maximum atomic E-state index is 6.14. The molecule has 3 rings (SSSR count). The number of hydrogen-bond donors (Lipinski definition) is 0. The number of ether oxygens (including phenoxy) is 4. The van der Waals surface area contributed by atoms with Crippen molar-refractivity contribution in [2.24, 2.45) is 0 Å². The summed E-state index contributed by atoms with van der Waals surface area (Å²) >= 11 is 0. The first-order valence-corrected chi connectivity index (χ1v) is 9.43. The normalized spacial score (nSPS) is 13.5. The van der Waals surface area contributed by atoms with Gasteiger partial charge in [0.15, 0.2) is 11.5 Å². The van der Waals surface area contributed by atoms with Gasteiger partial charge in [0.2, 0.25) is 6.79 Å². The highest BCUT2D eigenvalue weighted by Gasteiger charge is 2.22. The molecule has 0 radical (unpaired) electrons. The van der Waals surface area contributed by atoms with E-state index in [1.165, 1.54) is 24.8 Å². The number of benzene rings is 2. The molecule has 0 fully saturated rings. The average molecular weight is 356 g/mol. The molecule has 4 heteroatoms. The first-order valence-electron chi connectivity index (χ1n) is 9.43. The van der Waals surface area contributed by atoms with E-state index in [4.69, 9.17) is 18.9 Å². The second-order valence-corrected chi connectivity index (χ2v) is 6.65. The van der Waals surface area contributed by atoms with Gasteiger partial charge in [0.1, 0.15) is 11.5 Å². The van der Waals surface area contributed by atoms with Crippen LogP contribution >= 0.6 is 0 Å². The fraction of sp³-hybridized carbons (Fsp3) is 0.455. The van der Waals surface area contributed by atoms with Crippen LogP contribution < -0.4 is 18.9 Å². The fourth-order valence-electron chi connectivity index (χ4n) is 3.19. The molecule has 0 saturated carbocycles. The highest BCUT2D eigenvalue weighted by atomic mass is 16.7. The van der Waals surface area contributed by atoms with E-state index < -0.39 is 0 Å². The topological polar surface area (TPSA) is 36.9 Å². The Balaban J connectivity index is 1.81. The Morgan fingerprint density at radius 3 is 2.42 bits per heavy atom. The standard InChI is InChI=1S/C22H28O4/c1-4-5-6-7-12-24-20-14-22-21(25-15-26-22)13-19(20)16(2)17-8-10-18(23-3)11-9-17/h8-11,13-14,16H,4-7,12,15H2,1-3H3/t16-/m0/s1.